The smallest absolute Gasteiger partial charge is 0.268 e. The van der Waals surface area contributed by atoms with Gasteiger partial charge in [0.15, 0.2) is 0 Å². The second kappa shape index (κ2) is 26.4. The molecule has 0 bridgehead atoms. The van der Waals surface area contributed by atoms with Crippen LogP contribution in [0.2, 0.25) is 0 Å². The molecule has 1 amide bonds. The largest absolute Gasteiger partial charge is 0.756 e. The Morgan fingerprint density at radius 2 is 1.38 bits per heavy atom. The monoisotopic (exact) mass is 616 g/mol. The van der Waals surface area contributed by atoms with Gasteiger partial charge in [-0.1, -0.05) is 102 Å². The number of carbonyl (C=O) groups excluding carboxylic acids is 1. The first kappa shape index (κ1) is 41.0. The van der Waals surface area contributed by atoms with E-state index in [0.717, 1.165) is 51.4 Å². The molecule has 248 valence electrons. The Bertz CT molecular complexity index is 753. The van der Waals surface area contributed by atoms with Crippen LogP contribution in [0.15, 0.2) is 24.3 Å². The van der Waals surface area contributed by atoms with Crippen LogP contribution in [0, 0.1) is 0 Å². The maximum atomic E-state index is 12.6. The molecule has 8 nitrogen and oxygen atoms in total. The molecule has 2 N–H and O–H groups in total. The van der Waals surface area contributed by atoms with Crippen LogP contribution in [0.5, 0.6) is 0 Å². The van der Waals surface area contributed by atoms with Crippen LogP contribution < -0.4 is 10.2 Å². The lowest BCUT2D eigenvalue weighted by molar-refractivity contribution is -0.870. The Labute approximate surface area is 258 Å². The number of hydrogen-bond donors (Lipinski definition) is 2. The van der Waals surface area contributed by atoms with Crippen LogP contribution in [0.3, 0.4) is 0 Å². The lowest BCUT2D eigenvalue weighted by Crippen LogP contribution is -2.46. The lowest BCUT2D eigenvalue weighted by Gasteiger charge is -2.30. The molecule has 0 saturated carbocycles. The molecule has 0 aliphatic rings. The zero-order valence-electron chi connectivity index (χ0n) is 27.7. The third kappa shape index (κ3) is 27.8. The highest BCUT2D eigenvalue weighted by molar-refractivity contribution is 7.45. The van der Waals surface area contributed by atoms with E-state index in [0.29, 0.717) is 23.9 Å². The van der Waals surface area contributed by atoms with Crippen molar-refractivity contribution in [2.45, 2.75) is 142 Å². The third-order valence-electron chi connectivity index (χ3n) is 7.19. The third-order valence-corrected chi connectivity index (χ3v) is 8.16. The summed E-state index contributed by atoms with van der Waals surface area (Å²) in [4.78, 5) is 24.8. The average Bonchev–Trinajstić information content (AvgIpc) is 2.92. The van der Waals surface area contributed by atoms with Gasteiger partial charge in [0.2, 0.25) is 5.91 Å². The van der Waals surface area contributed by atoms with Crippen molar-refractivity contribution in [3.05, 3.63) is 24.3 Å². The van der Waals surface area contributed by atoms with Crippen molar-refractivity contribution in [3.63, 3.8) is 0 Å². The van der Waals surface area contributed by atoms with Gasteiger partial charge in [0.25, 0.3) is 7.82 Å². The van der Waals surface area contributed by atoms with Gasteiger partial charge in [-0.05, 0) is 44.9 Å². The number of quaternary nitrogens is 1. The second-order valence-electron chi connectivity index (χ2n) is 12.5. The van der Waals surface area contributed by atoms with E-state index in [1.54, 1.807) is 0 Å². The number of phosphoric ester groups is 1. The summed E-state index contributed by atoms with van der Waals surface area (Å²) >= 11 is 0. The van der Waals surface area contributed by atoms with E-state index >= 15 is 0 Å². The van der Waals surface area contributed by atoms with Crippen molar-refractivity contribution in [3.8, 4) is 0 Å². The van der Waals surface area contributed by atoms with Crippen molar-refractivity contribution in [2.75, 3.05) is 40.9 Å². The first-order valence-corrected chi connectivity index (χ1v) is 18.1. The molecule has 9 heteroatoms. The van der Waals surface area contributed by atoms with Gasteiger partial charge in [-0.2, -0.15) is 0 Å². The van der Waals surface area contributed by atoms with E-state index in [1.165, 1.54) is 51.4 Å². The number of phosphoric acid groups is 1. The highest BCUT2D eigenvalue weighted by atomic mass is 31.2. The van der Waals surface area contributed by atoms with E-state index in [-0.39, 0.29) is 19.1 Å². The number of carbonyl (C=O) groups is 1. The minimum absolute atomic E-state index is 0.00846. The Kier molecular flexibility index (Phi) is 25.7. The summed E-state index contributed by atoms with van der Waals surface area (Å²) in [5, 5.41) is 13.5. The number of aliphatic hydroxyl groups is 1. The molecule has 0 saturated heterocycles. The summed E-state index contributed by atoms with van der Waals surface area (Å²) < 4.78 is 22.8. The summed E-state index contributed by atoms with van der Waals surface area (Å²) in [7, 11) is 1.28. The van der Waals surface area contributed by atoms with Crippen LogP contribution >= 0.6 is 7.82 Å². The molecular weight excluding hydrogens is 551 g/mol. The summed E-state index contributed by atoms with van der Waals surface area (Å²) in [5.74, 6) is -0.188. The van der Waals surface area contributed by atoms with Crippen LogP contribution in [0.25, 0.3) is 0 Å². The maximum absolute atomic E-state index is 12.6. The Hall–Kier alpha value is -1.02. The number of amides is 1. The number of rotatable bonds is 29. The van der Waals surface area contributed by atoms with Gasteiger partial charge in [0, 0.05) is 6.42 Å². The van der Waals surface area contributed by atoms with Crippen LogP contribution in [0.1, 0.15) is 129 Å². The van der Waals surface area contributed by atoms with Gasteiger partial charge >= 0.3 is 0 Å². The molecule has 0 aromatic heterocycles. The summed E-state index contributed by atoms with van der Waals surface area (Å²) in [6, 6.07) is -0.797. The molecule has 0 spiro atoms. The fraction of sp³-hybridized carbons (Fsp3) is 0.848. The Morgan fingerprint density at radius 3 is 1.98 bits per heavy atom. The first-order chi connectivity index (χ1) is 20.0. The molecule has 0 rings (SSSR count). The summed E-state index contributed by atoms with van der Waals surface area (Å²) in [6.45, 7) is 4.48. The molecule has 0 fully saturated rings. The van der Waals surface area contributed by atoms with Gasteiger partial charge in [0.1, 0.15) is 13.2 Å². The molecule has 0 radical (unpaired) electrons. The van der Waals surface area contributed by atoms with E-state index in [1.807, 2.05) is 21.1 Å². The minimum atomic E-state index is -4.53. The van der Waals surface area contributed by atoms with Crippen molar-refractivity contribution in [1.82, 2.24) is 5.32 Å². The predicted molar refractivity (Wildman–Crippen MR) is 173 cm³/mol. The Balaban J connectivity index is 4.19. The zero-order chi connectivity index (χ0) is 31.5. The molecule has 3 atom stereocenters. The van der Waals surface area contributed by atoms with Gasteiger partial charge < -0.3 is 28.8 Å². The average molecular weight is 617 g/mol. The van der Waals surface area contributed by atoms with Crippen LogP contribution in [-0.2, 0) is 18.4 Å². The molecule has 0 heterocycles. The molecule has 0 aromatic rings. The number of nitrogens with zero attached hydrogens (tertiary/aromatic N) is 1. The number of hydrogen-bond acceptors (Lipinski definition) is 6. The molecule has 0 aliphatic carbocycles. The zero-order valence-corrected chi connectivity index (χ0v) is 28.6. The second-order valence-corrected chi connectivity index (χ2v) is 13.9. The van der Waals surface area contributed by atoms with Gasteiger partial charge in [-0.3, -0.25) is 9.36 Å². The molecule has 0 aliphatic heterocycles. The van der Waals surface area contributed by atoms with E-state index in [2.05, 4.69) is 43.5 Å². The molecule has 42 heavy (non-hydrogen) atoms. The van der Waals surface area contributed by atoms with Crippen molar-refractivity contribution >= 4 is 13.7 Å². The number of allylic oxidation sites excluding steroid dienone is 4. The molecular formula is C33H65N2O6P. The van der Waals surface area contributed by atoms with Gasteiger partial charge in [-0.25, -0.2) is 0 Å². The van der Waals surface area contributed by atoms with Gasteiger partial charge in [-0.15, -0.1) is 0 Å². The maximum Gasteiger partial charge on any atom is 0.268 e. The highest BCUT2D eigenvalue weighted by Gasteiger charge is 2.24. The van der Waals surface area contributed by atoms with Crippen LogP contribution in [0.4, 0.5) is 0 Å². The number of nitrogens with one attached hydrogen (secondary N) is 1. The minimum Gasteiger partial charge on any atom is -0.756 e. The van der Waals surface area contributed by atoms with Crippen molar-refractivity contribution in [1.29, 1.82) is 0 Å². The molecule has 3 unspecified atom stereocenters. The van der Waals surface area contributed by atoms with Crippen LogP contribution in [-0.4, -0.2) is 68.5 Å². The summed E-state index contributed by atoms with van der Waals surface area (Å²) in [6.07, 6.45) is 26.8. The standard InChI is InChI=1S/C33H65N2O6P/c1-6-8-10-11-12-13-14-15-16-17-18-19-20-21-22-23-25-27-33(37)34-31(32(36)26-24-9-7-2)30-41-42(38,39)40-29-28-35(3,4)5/h12-13,15-16,31-32,36H,6-11,14,17-30H2,1-5H3,(H-,34,37,38,39)/b13-12-,16-15-. The first-order valence-electron chi connectivity index (χ1n) is 16.7. The SMILES string of the molecule is CCCCC/C=C\C/C=C\CCCCCCCCCC(=O)NC(COP(=O)([O-])OCC[N+](C)(C)C)C(O)CCCCC. The van der Waals surface area contributed by atoms with Crippen molar-refractivity contribution in [2.24, 2.45) is 0 Å². The lowest BCUT2D eigenvalue weighted by atomic mass is 10.0. The predicted octanol–water partition coefficient (Wildman–Crippen LogP) is 7.21. The van der Waals surface area contributed by atoms with E-state index < -0.39 is 20.0 Å². The number of unbranched alkanes of at least 4 members (excludes halogenated alkanes) is 12. The topological polar surface area (TPSA) is 108 Å². The highest BCUT2D eigenvalue weighted by Crippen LogP contribution is 2.38. The molecule has 0 aromatic carbocycles. The summed E-state index contributed by atoms with van der Waals surface area (Å²) in [5.41, 5.74) is 0. The normalized spacial score (nSPS) is 15.3. The quantitative estimate of drug-likeness (QED) is 0.0398. The fourth-order valence-corrected chi connectivity index (χ4v) is 5.14. The fourth-order valence-electron chi connectivity index (χ4n) is 4.42. The number of aliphatic hydroxyl groups excluding tert-OH is 1. The Morgan fingerprint density at radius 1 is 0.833 bits per heavy atom. The van der Waals surface area contributed by atoms with Crippen molar-refractivity contribution < 1.29 is 32.9 Å². The number of likely N-dealkylation sites (N-methyl/N-ethyl adjacent to an activating group) is 1. The van der Waals surface area contributed by atoms with E-state index in [9.17, 15) is 19.4 Å². The van der Waals surface area contributed by atoms with E-state index in [4.69, 9.17) is 9.05 Å². The van der Waals surface area contributed by atoms with Gasteiger partial charge in [0.05, 0.1) is 39.9 Å².